The van der Waals surface area contributed by atoms with Gasteiger partial charge < -0.3 is 4.74 Å². The Hall–Kier alpha value is -1.31. The van der Waals surface area contributed by atoms with E-state index in [-0.39, 0.29) is 0 Å². The van der Waals surface area contributed by atoms with Crippen molar-refractivity contribution in [3.63, 3.8) is 0 Å². The molecular weight excluding hydrogens is 188 g/mol. The second kappa shape index (κ2) is 4.47. The van der Waals surface area contributed by atoms with Crippen LogP contribution in [0.15, 0.2) is 18.2 Å². The first kappa shape index (κ1) is 10.2. The molecule has 2 nitrogen and oxygen atoms in total. The molecular formula is C13H16O2. The van der Waals surface area contributed by atoms with Crippen LogP contribution < -0.4 is 4.74 Å². The van der Waals surface area contributed by atoms with Gasteiger partial charge in [-0.25, -0.2) is 0 Å². The molecule has 80 valence electrons. The van der Waals surface area contributed by atoms with Crippen LogP contribution in [0.4, 0.5) is 0 Å². The summed E-state index contributed by atoms with van der Waals surface area (Å²) in [4.78, 5) is 11.2. The SMILES string of the molecule is CCCCOc1ccc2c(c1)CC(=O)C2. The third kappa shape index (κ3) is 2.38. The smallest absolute Gasteiger partial charge is 0.141 e. The maximum Gasteiger partial charge on any atom is 0.141 e. The quantitative estimate of drug-likeness (QED) is 0.704. The lowest BCUT2D eigenvalue weighted by atomic mass is 10.1. The third-order valence-corrected chi connectivity index (χ3v) is 2.72. The van der Waals surface area contributed by atoms with E-state index in [0.29, 0.717) is 18.6 Å². The van der Waals surface area contributed by atoms with Gasteiger partial charge in [0.1, 0.15) is 11.5 Å². The van der Waals surface area contributed by atoms with Gasteiger partial charge in [-0.3, -0.25) is 4.79 Å². The van der Waals surface area contributed by atoms with E-state index in [0.717, 1.165) is 30.8 Å². The molecule has 0 atom stereocenters. The lowest BCUT2D eigenvalue weighted by Gasteiger charge is -2.06. The molecule has 0 aromatic heterocycles. The molecule has 0 saturated heterocycles. The number of rotatable bonds is 4. The van der Waals surface area contributed by atoms with Gasteiger partial charge in [-0.2, -0.15) is 0 Å². The first-order chi connectivity index (χ1) is 7.29. The molecule has 0 radical (unpaired) electrons. The molecule has 1 aliphatic carbocycles. The van der Waals surface area contributed by atoms with Crippen molar-refractivity contribution in [1.29, 1.82) is 0 Å². The zero-order chi connectivity index (χ0) is 10.7. The molecule has 0 saturated carbocycles. The van der Waals surface area contributed by atoms with Gasteiger partial charge in [0.2, 0.25) is 0 Å². The summed E-state index contributed by atoms with van der Waals surface area (Å²) in [5.41, 5.74) is 2.32. The van der Waals surface area contributed by atoms with Crippen LogP contribution in [0.3, 0.4) is 0 Å². The number of carbonyl (C=O) groups excluding carboxylic acids is 1. The Morgan fingerprint density at radius 3 is 2.87 bits per heavy atom. The first-order valence-corrected chi connectivity index (χ1v) is 5.56. The van der Waals surface area contributed by atoms with E-state index < -0.39 is 0 Å². The second-order valence-electron chi connectivity index (χ2n) is 4.02. The second-order valence-corrected chi connectivity index (χ2v) is 4.02. The predicted octanol–water partition coefficient (Wildman–Crippen LogP) is 2.53. The molecule has 0 N–H and O–H groups in total. The van der Waals surface area contributed by atoms with E-state index in [2.05, 4.69) is 6.92 Å². The number of fused-ring (bicyclic) bond motifs is 1. The molecule has 1 aromatic carbocycles. The Labute approximate surface area is 90.3 Å². The first-order valence-electron chi connectivity index (χ1n) is 5.56. The maximum absolute atomic E-state index is 11.2. The molecule has 15 heavy (non-hydrogen) atoms. The van der Waals surface area contributed by atoms with Crippen LogP contribution in [-0.2, 0) is 17.6 Å². The highest BCUT2D eigenvalue weighted by atomic mass is 16.5. The Morgan fingerprint density at radius 2 is 2.07 bits per heavy atom. The summed E-state index contributed by atoms with van der Waals surface area (Å²) >= 11 is 0. The molecule has 0 bridgehead atoms. The molecule has 1 aliphatic rings. The normalized spacial score (nSPS) is 14.1. The Kier molecular flexibility index (Phi) is 3.05. The summed E-state index contributed by atoms with van der Waals surface area (Å²) < 4.78 is 5.60. The van der Waals surface area contributed by atoms with E-state index >= 15 is 0 Å². The lowest BCUT2D eigenvalue weighted by Crippen LogP contribution is -1.97. The third-order valence-electron chi connectivity index (χ3n) is 2.72. The van der Waals surface area contributed by atoms with Crippen LogP contribution in [0.25, 0.3) is 0 Å². The van der Waals surface area contributed by atoms with E-state index in [4.69, 9.17) is 4.74 Å². The summed E-state index contributed by atoms with van der Waals surface area (Å²) in [5.74, 6) is 1.22. The number of carbonyl (C=O) groups is 1. The minimum absolute atomic E-state index is 0.315. The van der Waals surface area contributed by atoms with Crippen LogP contribution in [0.5, 0.6) is 5.75 Å². The summed E-state index contributed by atoms with van der Waals surface area (Å²) in [7, 11) is 0. The topological polar surface area (TPSA) is 26.3 Å². The molecule has 1 aromatic rings. The Morgan fingerprint density at radius 1 is 1.27 bits per heavy atom. The summed E-state index contributed by atoms with van der Waals surface area (Å²) in [5, 5.41) is 0. The van der Waals surface area contributed by atoms with Crippen molar-refractivity contribution in [3.05, 3.63) is 29.3 Å². The highest BCUT2D eigenvalue weighted by Crippen LogP contribution is 2.24. The number of ketones is 1. The lowest BCUT2D eigenvalue weighted by molar-refractivity contribution is -0.117. The monoisotopic (exact) mass is 204 g/mol. The highest BCUT2D eigenvalue weighted by molar-refractivity contribution is 5.88. The fraction of sp³-hybridized carbons (Fsp3) is 0.462. The fourth-order valence-electron chi connectivity index (χ4n) is 1.85. The largest absolute Gasteiger partial charge is 0.494 e. The predicted molar refractivity (Wildman–Crippen MR) is 59.3 cm³/mol. The van der Waals surface area contributed by atoms with Gasteiger partial charge in [0.25, 0.3) is 0 Å². The van der Waals surface area contributed by atoms with Crippen molar-refractivity contribution < 1.29 is 9.53 Å². The molecule has 0 unspecified atom stereocenters. The number of Topliss-reactive ketones (excluding diaryl/α,β-unsaturated/α-hetero) is 1. The van der Waals surface area contributed by atoms with Crippen LogP contribution in [0, 0.1) is 0 Å². The van der Waals surface area contributed by atoms with Crippen LogP contribution in [0.1, 0.15) is 30.9 Å². The van der Waals surface area contributed by atoms with Crippen molar-refractivity contribution in [1.82, 2.24) is 0 Å². The van der Waals surface area contributed by atoms with Crippen molar-refractivity contribution in [3.8, 4) is 5.75 Å². The number of ether oxygens (including phenoxy) is 1. The van der Waals surface area contributed by atoms with Gasteiger partial charge in [-0.15, -0.1) is 0 Å². The van der Waals surface area contributed by atoms with Crippen LogP contribution in [0.2, 0.25) is 0 Å². The average Bonchev–Trinajstić information content (AvgIpc) is 2.57. The number of unbranched alkanes of at least 4 members (excludes halogenated alkanes) is 1. The van der Waals surface area contributed by atoms with Crippen LogP contribution in [-0.4, -0.2) is 12.4 Å². The molecule has 0 heterocycles. The van der Waals surface area contributed by atoms with Gasteiger partial charge in [-0.05, 0) is 29.7 Å². The standard InChI is InChI=1S/C13H16O2/c1-2-3-6-15-13-5-4-10-7-12(14)8-11(10)9-13/h4-5,9H,2-3,6-8H2,1H3. The molecule has 2 heteroatoms. The zero-order valence-electron chi connectivity index (χ0n) is 9.08. The van der Waals surface area contributed by atoms with Crippen molar-refractivity contribution in [2.45, 2.75) is 32.6 Å². The number of benzene rings is 1. The van der Waals surface area contributed by atoms with E-state index in [9.17, 15) is 4.79 Å². The molecule has 0 amide bonds. The zero-order valence-corrected chi connectivity index (χ0v) is 9.08. The minimum atomic E-state index is 0.315. The fourth-order valence-corrected chi connectivity index (χ4v) is 1.85. The summed E-state index contributed by atoms with van der Waals surface area (Å²) in [6.07, 6.45) is 3.41. The Balaban J connectivity index is 2.03. The number of hydrogen-bond acceptors (Lipinski definition) is 2. The van der Waals surface area contributed by atoms with Crippen molar-refractivity contribution >= 4 is 5.78 Å². The van der Waals surface area contributed by atoms with E-state index in [1.54, 1.807) is 0 Å². The van der Waals surface area contributed by atoms with Gasteiger partial charge >= 0.3 is 0 Å². The Bertz CT molecular complexity index is 369. The average molecular weight is 204 g/mol. The number of hydrogen-bond donors (Lipinski definition) is 0. The van der Waals surface area contributed by atoms with Gasteiger partial charge in [0.15, 0.2) is 0 Å². The molecule has 0 fully saturated rings. The van der Waals surface area contributed by atoms with E-state index in [1.165, 1.54) is 5.56 Å². The molecule has 2 rings (SSSR count). The van der Waals surface area contributed by atoms with Gasteiger partial charge in [0, 0.05) is 12.8 Å². The highest BCUT2D eigenvalue weighted by Gasteiger charge is 2.18. The van der Waals surface area contributed by atoms with Crippen molar-refractivity contribution in [2.24, 2.45) is 0 Å². The molecule has 0 aliphatic heterocycles. The molecule has 0 spiro atoms. The van der Waals surface area contributed by atoms with Crippen LogP contribution >= 0.6 is 0 Å². The minimum Gasteiger partial charge on any atom is -0.494 e. The maximum atomic E-state index is 11.2. The summed E-state index contributed by atoms with van der Waals surface area (Å²) in [6, 6.07) is 5.99. The van der Waals surface area contributed by atoms with Crippen molar-refractivity contribution in [2.75, 3.05) is 6.61 Å². The van der Waals surface area contributed by atoms with Gasteiger partial charge in [-0.1, -0.05) is 19.4 Å². The van der Waals surface area contributed by atoms with Gasteiger partial charge in [0.05, 0.1) is 6.61 Å². The summed E-state index contributed by atoms with van der Waals surface area (Å²) in [6.45, 7) is 2.91. The van der Waals surface area contributed by atoms with E-state index in [1.807, 2.05) is 18.2 Å².